The number of amides is 1. The minimum atomic E-state index is 0.120. The molecule has 2 rings (SSSR count). The minimum Gasteiger partial charge on any atom is -0.296 e. The summed E-state index contributed by atoms with van der Waals surface area (Å²) in [5, 5.41) is 0. The predicted octanol–water partition coefficient (Wildman–Crippen LogP) is 3.87. The van der Waals surface area contributed by atoms with Gasteiger partial charge in [0.25, 0.3) is 0 Å². The highest BCUT2D eigenvalue weighted by Crippen LogP contribution is 2.27. The molecule has 1 fully saturated rings. The second kappa shape index (κ2) is 7.91. The van der Waals surface area contributed by atoms with Crippen LogP contribution in [0.5, 0.6) is 0 Å². The Balaban J connectivity index is 2.17. The molecule has 1 atom stereocenters. The van der Waals surface area contributed by atoms with Gasteiger partial charge in [-0.3, -0.25) is 14.6 Å². The molecule has 1 aromatic rings. The maximum absolute atomic E-state index is 12.5. The lowest BCUT2D eigenvalue weighted by atomic mass is 9.96. The van der Waals surface area contributed by atoms with E-state index in [1.807, 2.05) is 30.0 Å². The van der Waals surface area contributed by atoms with Crippen molar-refractivity contribution in [2.45, 2.75) is 71.4 Å². The molecular weight excluding hydrogens is 286 g/mol. The molecule has 128 valence electrons. The van der Waals surface area contributed by atoms with Gasteiger partial charge in [0, 0.05) is 30.7 Å². The van der Waals surface area contributed by atoms with E-state index in [4.69, 9.17) is 0 Å². The Kier molecular flexibility index (Phi) is 6.17. The average molecular weight is 317 g/mol. The summed E-state index contributed by atoms with van der Waals surface area (Å²) in [6.07, 6.45) is 7.35. The van der Waals surface area contributed by atoms with Crippen LogP contribution in [0.4, 0.5) is 5.82 Å². The number of aromatic nitrogens is 1. The number of hydrogen-bond acceptors (Lipinski definition) is 3. The number of rotatable bonds is 5. The first-order valence-corrected chi connectivity index (χ1v) is 8.94. The van der Waals surface area contributed by atoms with E-state index < -0.39 is 0 Å². The van der Waals surface area contributed by atoms with Gasteiger partial charge in [-0.1, -0.05) is 25.8 Å². The SMILES string of the molecule is CCC(=O)N(c1ccccn1)C(C)CN1CCCCCC1(C)C. The Morgan fingerprint density at radius 1 is 1.35 bits per heavy atom. The van der Waals surface area contributed by atoms with E-state index >= 15 is 0 Å². The molecule has 0 saturated carbocycles. The highest BCUT2D eigenvalue weighted by Gasteiger charge is 2.31. The van der Waals surface area contributed by atoms with Crippen molar-refractivity contribution in [2.75, 3.05) is 18.0 Å². The Labute approximate surface area is 140 Å². The number of likely N-dealkylation sites (tertiary alicyclic amines) is 1. The van der Waals surface area contributed by atoms with E-state index in [0.717, 1.165) is 18.9 Å². The van der Waals surface area contributed by atoms with Crippen LogP contribution >= 0.6 is 0 Å². The summed E-state index contributed by atoms with van der Waals surface area (Å²) < 4.78 is 0. The summed E-state index contributed by atoms with van der Waals surface area (Å²) in [6, 6.07) is 5.88. The van der Waals surface area contributed by atoms with Gasteiger partial charge in [0.05, 0.1) is 0 Å². The molecule has 4 heteroatoms. The lowest BCUT2D eigenvalue weighted by Crippen LogP contribution is -2.52. The maximum atomic E-state index is 12.5. The molecule has 1 aliphatic rings. The van der Waals surface area contributed by atoms with Crippen molar-refractivity contribution in [1.29, 1.82) is 0 Å². The lowest BCUT2D eigenvalue weighted by Gasteiger charge is -2.41. The third-order valence-electron chi connectivity index (χ3n) is 4.97. The second-order valence-electron chi connectivity index (χ2n) is 7.22. The highest BCUT2D eigenvalue weighted by atomic mass is 16.2. The standard InChI is InChI=1S/C19H31N3O/c1-5-18(23)22(17-11-7-9-13-20-17)16(2)15-21-14-10-6-8-12-19(21,3)4/h7,9,11,13,16H,5-6,8,10,12,14-15H2,1-4H3. The minimum absolute atomic E-state index is 0.120. The fraction of sp³-hybridized carbons (Fsp3) is 0.684. The van der Waals surface area contributed by atoms with E-state index in [-0.39, 0.29) is 17.5 Å². The van der Waals surface area contributed by atoms with Crippen molar-refractivity contribution in [1.82, 2.24) is 9.88 Å². The van der Waals surface area contributed by atoms with Crippen LogP contribution in [0.2, 0.25) is 0 Å². The fourth-order valence-electron chi connectivity index (χ4n) is 3.50. The molecule has 1 amide bonds. The molecule has 1 aliphatic heterocycles. The molecule has 0 bridgehead atoms. The van der Waals surface area contributed by atoms with Crippen molar-refractivity contribution in [3.05, 3.63) is 24.4 Å². The van der Waals surface area contributed by atoms with Gasteiger partial charge in [0.1, 0.15) is 5.82 Å². The van der Waals surface area contributed by atoms with Crippen molar-refractivity contribution in [2.24, 2.45) is 0 Å². The number of hydrogen-bond donors (Lipinski definition) is 0. The van der Waals surface area contributed by atoms with E-state index in [9.17, 15) is 4.79 Å². The summed E-state index contributed by atoms with van der Waals surface area (Å²) in [7, 11) is 0. The number of carbonyl (C=O) groups is 1. The summed E-state index contributed by atoms with van der Waals surface area (Å²) in [5.74, 6) is 0.906. The normalized spacial score (nSPS) is 19.8. The molecule has 2 heterocycles. The van der Waals surface area contributed by atoms with E-state index in [1.165, 1.54) is 25.7 Å². The summed E-state index contributed by atoms with van der Waals surface area (Å²) in [4.78, 5) is 21.3. The Hall–Kier alpha value is -1.42. The second-order valence-corrected chi connectivity index (χ2v) is 7.22. The zero-order valence-corrected chi connectivity index (χ0v) is 15.1. The van der Waals surface area contributed by atoms with Crippen molar-refractivity contribution >= 4 is 11.7 Å². The Bertz CT molecular complexity index is 501. The molecule has 0 aliphatic carbocycles. The van der Waals surface area contributed by atoms with Gasteiger partial charge in [-0.25, -0.2) is 4.98 Å². The molecule has 1 saturated heterocycles. The first-order valence-electron chi connectivity index (χ1n) is 8.94. The quantitative estimate of drug-likeness (QED) is 0.827. The number of nitrogens with zero attached hydrogens (tertiary/aromatic N) is 3. The number of carbonyl (C=O) groups excluding carboxylic acids is 1. The number of pyridine rings is 1. The third kappa shape index (κ3) is 4.54. The van der Waals surface area contributed by atoms with Crippen LogP contribution in [0.15, 0.2) is 24.4 Å². The van der Waals surface area contributed by atoms with Crippen LogP contribution in [0.25, 0.3) is 0 Å². The smallest absolute Gasteiger partial charge is 0.228 e. The predicted molar refractivity (Wildman–Crippen MR) is 95.6 cm³/mol. The van der Waals surface area contributed by atoms with Gasteiger partial charge in [0.15, 0.2) is 0 Å². The van der Waals surface area contributed by atoms with Gasteiger partial charge in [0.2, 0.25) is 5.91 Å². The van der Waals surface area contributed by atoms with Gasteiger partial charge < -0.3 is 0 Å². The zero-order chi connectivity index (χ0) is 16.9. The fourth-order valence-corrected chi connectivity index (χ4v) is 3.50. The summed E-state index contributed by atoms with van der Waals surface area (Å²) in [6.45, 7) is 10.7. The van der Waals surface area contributed by atoms with E-state index in [1.54, 1.807) is 6.20 Å². The van der Waals surface area contributed by atoms with Gasteiger partial charge >= 0.3 is 0 Å². The molecule has 0 spiro atoms. The lowest BCUT2D eigenvalue weighted by molar-refractivity contribution is -0.118. The van der Waals surface area contributed by atoms with Crippen LogP contribution < -0.4 is 4.90 Å². The van der Waals surface area contributed by atoms with Crippen molar-refractivity contribution < 1.29 is 4.79 Å². The van der Waals surface area contributed by atoms with E-state index in [0.29, 0.717) is 6.42 Å². The van der Waals surface area contributed by atoms with Gasteiger partial charge in [-0.2, -0.15) is 0 Å². The molecule has 1 unspecified atom stereocenters. The van der Waals surface area contributed by atoms with Crippen LogP contribution in [0.1, 0.15) is 59.8 Å². The molecule has 23 heavy (non-hydrogen) atoms. The molecule has 0 N–H and O–H groups in total. The number of anilines is 1. The van der Waals surface area contributed by atoms with Crippen LogP contribution in [-0.2, 0) is 4.79 Å². The average Bonchev–Trinajstić information content (AvgIpc) is 2.69. The summed E-state index contributed by atoms with van der Waals surface area (Å²) in [5.41, 5.74) is 0.204. The largest absolute Gasteiger partial charge is 0.296 e. The molecule has 0 radical (unpaired) electrons. The van der Waals surface area contributed by atoms with Crippen molar-refractivity contribution in [3.63, 3.8) is 0 Å². The first-order chi connectivity index (χ1) is 11.0. The van der Waals surface area contributed by atoms with Gasteiger partial charge in [-0.15, -0.1) is 0 Å². The van der Waals surface area contributed by atoms with Gasteiger partial charge in [-0.05, 0) is 52.3 Å². The third-order valence-corrected chi connectivity index (χ3v) is 4.97. The Morgan fingerprint density at radius 2 is 2.13 bits per heavy atom. The zero-order valence-electron chi connectivity index (χ0n) is 15.1. The van der Waals surface area contributed by atoms with Crippen LogP contribution in [-0.4, -0.2) is 40.5 Å². The molecule has 0 aromatic carbocycles. The maximum Gasteiger partial charge on any atom is 0.228 e. The topological polar surface area (TPSA) is 36.4 Å². The van der Waals surface area contributed by atoms with Crippen LogP contribution in [0, 0.1) is 0 Å². The van der Waals surface area contributed by atoms with E-state index in [2.05, 4.69) is 30.7 Å². The highest BCUT2D eigenvalue weighted by molar-refractivity contribution is 5.92. The molecular formula is C19H31N3O. The molecule has 1 aromatic heterocycles. The first kappa shape index (κ1) is 17.9. The summed E-state index contributed by atoms with van der Waals surface area (Å²) >= 11 is 0. The van der Waals surface area contributed by atoms with Crippen molar-refractivity contribution in [3.8, 4) is 0 Å². The van der Waals surface area contributed by atoms with Crippen LogP contribution in [0.3, 0.4) is 0 Å². The molecule has 4 nitrogen and oxygen atoms in total. The Morgan fingerprint density at radius 3 is 2.78 bits per heavy atom. The monoisotopic (exact) mass is 317 g/mol.